The van der Waals surface area contributed by atoms with Crippen LogP contribution in [0.3, 0.4) is 0 Å². The molecule has 0 bridgehead atoms. The predicted molar refractivity (Wildman–Crippen MR) is 158 cm³/mol. The number of methoxy groups -OCH3 is 1. The van der Waals surface area contributed by atoms with Gasteiger partial charge in [0.15, 0.2) is 11.9 Å². The number of hydrogen-bond donors (Lipinski definition) is 2. The summed E-state index contributed by atoms with van der Waals surface area (Å²) in [6.45, 7) is 7.68. The minimum atomic E-state index is -0.617. The van der Waals surface area contributed by atoms with Gasteiger partial charge in [-0.05, 0) is 61.1 Å². The van der Waals surface area contributed by atoms with Crippen molar-refractivity contribution in [2.24, 2.45) is 5.92 Å². The molecule has 5 rings (SSSR count). The molecule has 1 aliphatic carbocycles. The molecule has 218 valence electrons. The minimum absolute atomic E-state index is 0.0921. The Kier molecular flexibility index (Phi) is 9.05. The number of aryl methyl sites for hydroxylation is 1. The van der Waals surface area contributed by atoms with Gasteiger partial charge in [-0.3, -0.25) is 14.5 Å². The molecule has 9 nitrogen and oxygen atoms in total. The second kappa shape index (κ2) is 12.9. The molecule has 2 aromatic heterocycles. The van der Waals surface area contributed by atoms with E-state index in [0.717, 1.165) is 85.4 Å². The monoisotopic (exact) mass is 559 g/mol. The average molecular weight is 560 g/mol. The second-order valence-corrected chi connectivity index (χ2v) is 11.3. The van der Waals surface area contributed by atoms with Crippen LogP contribution < -0.4 is 15.4 Å². The number of nitrogens with one attached hydrogen (secondary N) is 2. The van der Waals surface area contributed by atoms with E-state index in [1.54, 1.807) is 7.11 Å². The average Bonchev–Trinajstić information content (AvgIpc) is 3.41. The Morgan fingerprint density at radius 1 is 1.05 bits per heavy atom. The number of ether oxygens (including phenoxy) is 1. The lowest BCUT2D eigenvalue weighted by Crippen LogP contribution is -2.49. The number of nitrogens with zero attached hydrogens (tertiary/aromatic N) is 3. The van der Waals surface area contributed by atoms with E-state index in [4.69, 9.17) is 4.74 Å². The summed E-state index contributed by atoms with van der Waals surface area (Å²) in [6, 6.07) is 12.6. The molecule has 41 heavy (non-hydrogen) atoms. The number of hydrogen-bond acceptors (Lipinski definition) is 5. The molecule has 3 aromatic rings. The molecule has 2 amide bonds. The number of fused-ring (bicyclic) bond motifs is 1. The van der Waals surface area contributed by atoms with Gasteiger partial charge in [0.1, 0.15) is 11.7 Å². The molecule has 1 aliphatic heterocycles. The molecule has 1 atom stereocenters. The fraction of sp³-hybridized carbons (Fsp3) is 0.469. The van der Waals surface area contributed by atoms with Crippen molar-refractivity contribution in [1.29, 1.82) is 0 Å². The van der Waals surface area contributed by atoms with E-state index in [9.17, 15) is 14.8 Å². The largest absolute Gasteiger partial charge is 0.618 e. The summed E-state index contributed by atoms with van der Waals surface area (Å²) in [5.74, 6) is -0.309. The smallest absolute Gasteiger partial charge is 0.268 e. The van der Waals surface area contributed by atoms with Crippen LogP contribution in [0, 0.1) is 25.0 Å². The van der Waals surface area contributed by atoms with E-state index in [1.807, 2.05) is 56.3 Å². The van der Waals surface area contributed by atoms with E-state index in [0.29, 0.717) is 23.7 Å². The van der Waals surface area contributed by atoms with Crippen molar-refractivity contribution in [2.45, 2.75) is 65.1 Å². The number of aromatic nitrogens is 2. The normalized spacial score (nSPS) is 16.7. The standard InChI is InChI=1S/C32H41N5O4/c1-22-15-16-37(40)23(2)29(22)24-9-11-26(12-10-24)33-32(39)30(25-7-5-4-6-8-25)34-31(38)28-14-13-27-21-35(19-20-41-3)17-18-36(27)28/h9-16,25,30H,4-8,17-21H2,1-3H3,(H,33,39)(H,34,38)/t30-/m0/s1. The van der Waals surface area contributed by atoms with Crippen LogP contribution in [0.2, 0.25) is 0 Å². The summed E-state index contributed by atoms with van der Waals surface area (Å²) in [6.07, 6.45) is 6.63. The number of carbonyl (C=O) groups is 2. The number of pyridine rings is 1. The molecule has 2 N–H and O–H groups in total. The molecule has 0 spiro atoms. The van der Waals surface area contributed by atoms with Crippen molar-refractivity contribution in [3.8, 4) is 11.1 Å². The third-order valence-electron chi connectivity index (χ3n) is 8.62. The Labute approximate surface area is 242 Å². The van der Waals surface area contributed by atoms with Gasteiger partial charge in [-0.2, -0.15) is 4.73 Å². The zero-order chi connectivity index (χ0) is 28.9. The van der Waals surface area contributed by atoms with Gasteiger partial charge in [0.25, 0.3) is 5.91 Å². The van der Waals surface area contributed by atoms with Crippen molar-refractivity contribution in [2.75, 3.05) is 32.1 Å². The highest BCUT2D eigenvalue weighted by Gasteiger charge is 2.32. The molecule has 1 fully saturated rings. The second-order valence-electron chi connectivity index (χ2n) is 11.3. The van der Waals surface area contributed by atoms with Crippen LogP contribution in [0.4, 0.5) is 5.69 Å². The molecular formula is C32H41N5O4. The minimum Gasteiger partial charge on any atom is -0.618 e. The summed E-state index contributed by atoms with van der Waals surface area (Å²) < 4.78 is 8.17. The maximum Gasteiger partial charge on any atom is 0.268 e. The van der Waals surface area contributed by atoms with Gasteiger partial charge in [-0.15, -0.1) is 0 Å². The zero-order valence-electron chi connectivity index (χ0n) is 24.3. The van der Waals surface area contributed by atoms with Crippen LogP contribution in [-0.4, -0.2) is 54.1 Å². The van der Waals surface area contributed by atoms with Crippen LogP contribution in [0.15, 0.2) is 48.7 Å². The quantitative estimate of drug-likeness (QED) is 0.303. The molecule has 0 unspecified atom stereocenters. The highest BCUT2D eigenvalue weighted by atomic mass is 16.5. The highest BCUT2D eigenvalue weighted by molar-refractivity contribution is 6.01. The van der Waals surface area contributed by atoms with Gasteiger partial charge >= 0.3 is 0 Å². The Balaban J connectivity index is 1.30. The zero-order valence-corrected chi connectivity index (χ0v) is 24.3. The highest BCUT2D eigenvalue weighted by Crippen LogP contribution is 2.29. The first kappa shape index (κ1) is 28.8. The lowest BCUT2D eigenvalue weighted by molar-refractivity contribution is -0.611. The number of rotatable bonds is 9. The Morgan fingerprint density at radius 3 is 2.54 bits per heavy atom. The Bertz CT molecular complexity index is 1380. The summed E-state index contributed by atoms with van der Waals surface area (Å²) >= 11 is 0. The first-order valence-electron chi connectivity index (χ1n) is 14.7. The molecule has 3 heterocycles. The van der Waals surface area contributed by atoms with Gasteiger partial charge in [0, 0.05) is 57.7 Å². The van der Waals surface area contributed by atoms with Gasteiger partial charge in [-0.1, -0.05) is 31.4 Å². The summed E-state index contributed by atoms with van der Waals surface area (Å²) in [5.41, 5.74) is 5.82. The van der Waals surface area contributed by atoms with Gasteiger partial charge < -0.3 is 25.1 Å². The molecule has 9 heteroatoms. The Hall–Kier alpha value is -3.69. The van der Waals surface area contributed by atoms with Gasteiger partial charge in [0.05, 0.1) is 12.2 Å². The van der Waals surface area contributed by atoms with E-state index >= 15 is 0 Å². The summed E-state index contributed by atoms with van der Waals surface area (Å²) in [4.78, 5) is 29.5. The molecule has 0 radical (unpaired) electrons. The maximum atomic E-state index is 13.7. The maximum absolute atomic E-state index is 13.7. The molecule has 1 saturated carbocycles. The van der Waals surface area contributed by atoms with Gasteiger partial charge in [0.2, 0.25) is 5.91 Å². The topological polar surface area (TPSA) is 103 Å². The van der Waals surface area contributed by atoms with Crippen molar-refractivity contribution < 1.29 is 19.1 Å². The lowest BCUT2D eigenvalue weighted by atomic mass is 9.83. The van der Waals surface area contributed by atoms with E-state index in [2.05, 4.69) is 20.1 Å². The van der Waals surface area contributed by atoms with Gasteiger partial charge in [-0.25, -0.2) is 0 Å². The fourth-order valence-electron chi connectivity index (χ4n) is 6.30. The molecule has 1 aromatic carbocycles. The van der Waals surface area contributed by atoms with E-state index < -0.39 is 6.04 Å². The fourth-order valence-corrected chi connectivity index (χ4v) is 6.30. The van der Waals surface area contributed by atoms with Crippen molar-refractivity contribution >= 4 is 17.5 Å². The molecular weight excluding hydrogens is 518 g/mol. The lowest BCUT2D eigenvalue weighted by Gasteiger charge is -2.31. The first-order valence-corrected chi connectivity index (χ1v) is 14.7. The van der Waals surface area contributed by atoms with Crippen LogP contribution in [-0.2, 0) is 22.6 Å². The summed E-state index contributed by atoms with van der Waals surface area (Å²) in [5, 5.41) is 18.3. The number of benzene rings is 1. The van der Waals surface area contributed by atoms with Crippen molar-refractivity contribution in [3.05, 3.63) is 76.5 Å². The molecule has 2 aliphatic rings. The number of amides is 2. The first-order chi connectivity index (χ1) is 19.9. The van der Waals surface area contributed by atoms with Crippen LogP contribution in [0.5, 0.6) is 0 Å². The predicted octanol–water partition coefficient (Wildman–Crippen LogP) is 4.18. The van der Waals surface area contributed by atoms with Crippen LogP contribution in [0.1, 0.15) is 59.5 Å². The number of anilines is 1. The van der Waals surface area contributed by atoms with Crippen molar-refractivity contribution in [1.82, 2.24) is 14.8 Å². The van der Waals surface area contributed by atoms with E-state index in [1.165, 1.54) is 6.20 Å². The van der Waals surface area contributed by atoms with E-state index in [-0.39, 0.29) is 17.7 Å². The Morgan fingerprint density at radius 2 is 1.80 bits per heavy atom. The molecule has 0 saturated heterocycles. The van der Waals surface area contributed by atoms with Crippen molar-refractivity contribution in [3.63, 3.8) is 0 Å². The third-order valence-corrected chi connectivity index (χ3v) is 8.62. The van der Waals surface area contributed by atoms with Crippen LogP contribution in [0.25, 0.3) is 11.1 Å². The SMILES string of the molecule is COCCN1CCn2c(ccc2C(=O)N[C@H](C(=O)Nc2ccc(-c3c(C)cc[n+]([O-])c3C)cc2)C2CCCCC2)C1. The van der Waals surface area contributed by atoms with Crippen LogP contribution >= 0.6 is 0 Å². The summed E-state index contributed by atoms with van der Waals surface area (Å²) in [7, 11) is 1.71. The number of carbonyl (C=O) groups excluding carboxylic acids is 2. The third kappa shape index (κ3) is 6.47.